The predicted molar refractivity (Wildman–Crippen MR) is 70.0 cm³/mol. The van der Waals surface area contributed by atoms with Gasteiger partial charge in [-0.25, -0.2) is 4.98 Å². The van der Waals surface area contributed by atoms with Gasteiger partial charge in [-0.1, -0.05) is 13.8 Å². The highest BCUT2D eigenvalue weighted by Crippen LogP contribution is 2.21. The molecule has 7 nitrogen and oxygen atoms in total. The maximum atomic E-state index is 11.1. The van der Waals surface area contributed by atoms with Crippen LogP contribution in [-0.4, -0.2) is 27.5 Å². The molecular formula is C12H17N3O4. The summed E-state index contributed by atoms with van der Waals surface area (Å²) in [5.74, 6) is -1.18. The molecule has 0 radical (unpaired) electrons. The quantitative estimate of drug-likeness (QED) is 0.579. The molecule has 0 amide bonds. The lowest BCUT2D eigenvalue weighted by Crippen LogP contribution is -2.25. The molecule has 1 rings (SSSR count). The fourth-order valence-electron chi connectivity index (χ4n) is 1.74. The summed E-state index contributed by atoms with van der Waals surface area (Å²) in [5, 5.41) is 22.6. The fourth-order valence-corrected chi connectivity index (χ4v) is 1.74. The smallest absolute Gasteiger partial charge is 0.311 e. The lowest BCUT2D eigenvalue weighted by atomic mass is 9.97. The molecule has 0 saturated carbocycles. The van der Waals surface area contributed by atoms with Gasteiger partial charge in [-0.05, 0) is 18.4 Å². The number of rotatable bonds is 7. The molecule has 0 bridgehead atoms. The largest absolute Gasteiger partial charge is 0.481 e. The molecule has 1 aromatic rings. The second-order valence-corrected chi connectivity index (χ2v) is 4.67. The minimum absolute atomic E-state index is 0.0995. The summed E-state index contributed by atoms with van der Waals surface area (Å²) < 4.78 is 0. The Bertz CT molecular complexity index is 462. The lowest BCUT2D eigenvalue weighted by molar-refractivity contribution is -0.384. The number of anilines is 1. The molecule has 1 heterocycles. The zero-order chi connectivity index (χ0) is 14.4. The first-order valence-electron chi connectivity index (χ1n) is 5.98. The minimum atomic E-state index is -0.917. The van der Waals surface area contributed by atoms with E-state index in [4.69, 9.17) is 5.11 Å². The topological polar surface area (TPSA) is 105 Å². The molecule has 0 aliphatic heterocycles. The van der Waals surface area contributed by atoms with Crippen molar-refractivity contribution in [3.05, 3.63) is 28.4 Å². The number of carboxylic acid groups (broad SMARTS) is 1. The molecule has 2 N–H and O–H groups in total. The SMILES string of the molecule is CC(C)CC(CNc1ncccc1[N+](=O)[O-])C(=O)O. The van der Waals surface area contributed by atoms with Gasteiger partial charge < -0.3 is 10.4 Å². The van der Waals surface area contributed by atoms with Crippen LogP contribution in [0.5, 0.6) is 0 Å². The third kappa shape index (κ3) is 4.53. The normalized spacial score (nSPS) is 12.2. The Morgan fingerprint density at radius 3 is 2.79 bits per heavy atom. The Balaban J connectivity index is 2.74. The highest BCUT2D eigenvalue weighted by Gasteiger charge is 2.21. The van der Waals surface area contributed by atoms with E-state index in [9.17, 15) is 14.9 Å². The number of nitrogens with one attached hydrogen (secondary N) is 1. The average molecular weight is 267 g/mol. The number of carboxylic acids is 1. The average Bonchev–Trinajstić information content (AvgIpc) is 2.34. The maximum Gasteiger partial charge on any atom is 0.311 e. The second kappa shape index (κ2) is 6.67. The number of nitrogens with zero attached hydrogens (tertiary/aromatic N) is 2. The molecule has 0 aliphatic carbocycles. The van der Waals surface area contributed by atoms with Gasteiger partial charge in [-0.2, -0.15) is 0 Å². The molecule has 0 saturated heterocycles. The van der Waals surface area contributed by atoms with Gasteiger partial charge >= 0.3 is 11.7 Å². The van der Waals surface area contributed by atoms with Gasteiger partial charge in [-0.3, -0.25) is 14.9 Å². The van der Waals surface area contributed by atoms with Crippen LogP contribution in [0.1, 0.15) is 20.3 Å². The third-order valence-electron chi connectivity index (χ3n) is 2.60. The van der Waals surface area contributed by atoms with E-state index in [2.05, 4.69) is 10.3 Å². The van der Waals surface area contributed by atoms with Crippen LogP contribution in [0.15, 0.2) is 18.3 Å². The molecule has 19 heavy (non-hydrogen) atoms. The Hall–Kier alpha value is -2.18. The van der Waals surface area contributed by atoms with Crippen molar-refractivity contribution in [1.82, 2.24) is 4.98 Å². The summed E-state index contributed by atoms with van der Waals surface area (Å²) in [5.41, 5.74) is -0.156. The van der Waals surface area contributed by atoms with Gasteiger partial charge in [0.25, 0.3) is 0 Å². The van der Waals surface area contributed by atoms with Crippen LogP contribution in [0.4, 0.5) is 11.5 Å². The number of nitro groups is 1. The van der Waals surface area contributed by atoms with E-state index in [0.29, 0.717) is 6.42 Å². The van der Waals surface area contributed by atoms with Crippen molar-refractivity contribution in [2.75, 3.05) is 11.9 Å². The number of pyridine rings is 1. The highest BCUT2D eigenvalue weighted by molar-refractivity contribution is 5.71. The number of hydrogen-bond acceptors (Lipinski definition) is 5. The fraction of sp³-hybridized carbons (Fsp3) is 0.500. The van der Waals surface area contributed by atoms with E-state index in [0.717, 1.165) is 0 Å². The van der Waals surface area contributed by atoms with Gasteiger partial charge in [0.2, 0.25) is 5.82 Å². The van der Waals surface area contributed by atoms with E-state index >= 15 is 0 Å². The van der Waals surface area contributed by atoms with Crippen LogP contribution in [-0.2, 0) is 4.79 Å². The van der Waals surface area contributed by atoms with Gasteiger partial charge in [-0.15, -0.1) is 0 Å². The van der Waals surface area contributed by atoms with Crippen LogP contribution in [0, 0.1) is 22.0 Å². The number of hydrogen-bond donors (Lipinski definition) is 2. The molecule has 104 valence electrons. The first-order chi connectivity index (χ1) is 8.91. The Morgan fingerprint density at radius 1 is 1.58 bits per heavy atom. The molecule has 0 aromatic carbocycles. The summed E-state index contributed by atoms with van der Waals surface area (Å²) in [6, 6.07) is 2.79. The predicted octanol–water partition coefficient (Wildman–Crippen LogP) is 2.15. The first-order valence-corrected chi connectivity index (χ1v) is 5.98. The highest BCUT2D eigenvalue weighted by atomic mass is 16.6. The zero-order valence-corrected chi connectivity index (χ0v) is 10.9. The summed E-state index contributed by atoms with van der Waals surface area (Å²) in [4.78, 5) is 25.2. The standard InChI is InChI=1S/C12H17N3O4/c1-8(2)6-9(12(16)17)7-14-11-10(15(18)19)4-3-5-13-11/h3-5,8-9H,6-7H2,1-2H3,(H,13,14)(H,16,17). The van der Waals surface area contributed by atoms with Gasteiger partial charge in [0.15, 0.2) is 0 Å². The Kier molecular flexibility index (Phi) is 5.23. The zero-order valence-electron chi connectivity index (χ0n) is 10.9. The van der Waals surface area contributed by atoms with Crippen molar-refractivity contribution in [1.29, 1.82) is 0 Å². The molecule has 7 heteroatoms. The van der Waals surface area contributed by atoms with Gasteiger partial charge in [0.05, 0.1) is 10.8 Å². The van der Waals surface area contributed by atoms with E-state index in [-0.39, 0.29) is 24.0 Å². The third-order valence-corrected chi connectivity index (χ3v) is 2.60. The van der Waals surface area contributed by atoms with E-state index in [1.807, 2.05) is 13.8 Å². The molecule has 0 spiro atoms. The monoisotopic (exact) mass is 267 g/mol. The van der Waals surface area contributed by atoms with E-state index in [1.54, 1.807) is 0 Å². The van der Waals surface area contributed by atoms with Crippen molar-refractivity contribution in [2.45, 2.75) is 20.3 Å². The molecule has 1 unspecified atom stereocenters. The molecule has 0 fully saturated rings. The second-order valence-electron chi connectivity index (χ2n) is 4.67. The summed E-state index contributed by atoms with van der Waals surface area (Å²) >= 11 is 0. The van der Waals surface area contributed by atoms with Crippen molar-refractivity contribution in [3.63, 3.8) is 0 Å². The minimum Gasteiger partial charge on any atom is -0.481 e. The molecule has 1 atom stereocenters. The van der Waals surface area contributed by atoms with Gasteiger partial charge in [0.1, 0.15) is 0 Å². The summed E-state index contributed by atoms with van der Waals surface area (Å²) in [6.45, 7) is 3.98. The van der Waals surface area contributed by atoms with Crippen LogP contribution < -0.4 is 5.32 Å². The molecule has 0 aliphatic rings. The van der Waals surface area contributed by atoms with E-state index < -0.39 is 16.8 Å². The van der Waals surface area contributed by atoms with Crippen molar-refractivity contribution < 1.29 is 14.8 Å². The number of aliphatic carboxylic acids is 1. The molecule has 1 aromatic heterocycles. The van der Waals surface area contributed by atoms with Crippen LogP contribution >= 0.6 is 0 Å². The Morgan fingerprint density at radius 2 is 2.26 bits per heavy atom. The van der Waals surface area contributed by atoms with Crippen molar-refractivity contribution in [2.24, 2.45) is 11.8 Å². The van der Waals surface area contributed by atoms with Crippen LogP contribution in [0.2, 0.25) is 0 Å². The number of carbonyl (C=O) groups is 1. The first kappa shape index (κ1) is 14.9. The van der Waals surface area contributed by atoms with Crippen molar-refractivity contribution in [3.8, 4) is 0 Å². The van der Waals surface area contributed by atoms with E-state index in [1.165, 1.54) is 18.3 Å². The van der Waals surface area contributed by atoms with Gasteiger partial charge in [0, 0.05) is 18.8 Å². The summed E-state index contributed by atoms with van der Waals surface area (Å²) in [7, 11) is 0. The van der Waals surface area contributed by atoms with Crippen LogP contribution in [0.25, 0.3) is 0 Å². The Labute approximate surface area is 110 Å². The lowest BCUT2D eigenvalue weighted by Gasteiger charge is -2.15. The number of aromatic nitrogens is 1. The molecular weight excluding hydrogens is 250 g/mol. The van der Waals surface area contributed by atoms with Crippen molar-refractivity contribution >= 4 is 17.5 Å². The maximum absolute atomic E-state index is 11.1. The van der Waals surface area contributed by atoms with Crippen LogP contribution in [0.3, 0.4) is 0 Å². The summed E-state index contributed by atoms with van der Waals surface area (Å²) in [6.07, 6.45) is 1.93.